The summed E-state index contributed by atoms with van der Waals surface area (Å²) in [7, 11) is 4.36. The fourth-order valence-electron chi connectivity index (χ4n) is 10.3. The van der Waals surface area contributed by atoms with Gasteiger partial charge in [0.1, 0.15) is 18.6 Å². The molecule has 7 aliphatic rings. The second-order valence-electron chi connectivity index (χ2n) is 16.4. The van der Waals surface area contributed by atoms with Gasteiger partial charge in [-0.1, -0.05) is 6.07 Å². The first-order valence-corrected chi connectivity index (χ1v) is 20.7. The number of carbonyl (C=O) groups excluding carboxylic acids is 2. The number of esters is 2. The third-order valence-corrected chi connectivity index (χ3v) is 14.7. The number of thioether (sulfide) groups is 1. The van der Waals surface area contributed by atoms with Crippen LogP contribution in [0.25, 0.3) is 0 Å². The Morgan fingerprint density at radius 2 is 1.67 bits per heavy atom. The average Bonchev–Trinajstić information content (AvgIpc) is 3.72. The first-order valence-electron chi connectivity index (χ1n) is 19.6. The maximum atomic E-state index is 15.2. The molecule has 22 heteroatoms. The number of aromatic hydroxyl groups is 2. The van der Waals surface area contributed by atoms with Crippen molar-refractivity contribution in [2.24, 2.45) is 0 Å². The Morgan fingerprint density at radius 3 is 2.35 bits per heavy atom. The minimum atomic E-state index is -6.87. The van der Waals surface area contributed by atoms with E-state index in [0.717, 1.165) is 11.8 Å². The molecule has 2 unspecified atom stereocenters. The highest BCUT2D eigenvalue weighted by Crippen LogP contribution is 2.65. The fraction of sp³-hybridized carbons (Fsp3) is 0.512. The lowest BCUT2D eigenvalue weighted by atomic mass is 9.73. The van der Waals surface area contributed by atoms with Gasteiger partial charge < -0.3 is 43.7 Å². The molecule has 2 fully saturated rings. The van der Waals surface area contributed by atoms with Crippen LogP contribution in [0.1, 0.15) is 61.8 Å². The molecule has 7 heterocycles. The van der Waals surface area contributed by atoms with E-state index in [1.807, 2.05) is 0 Å². The van der Waals surface area contributed by atoms with Crippen LogP contribution in [-0.4, -0.2) is 120 Å². The summed E-state index contributed by atoms with van der Waals surface area (Å²) in [5, 5.41) is 37.2. The third kappa shape index (κ3) is 5.92. The molecule has 0 amide bonds. The lowest BCUT2D eigenvalue weighted by Gasteiger charge is -2.62. The molecule has 340 valence electrons. The maximum Gasteiger partial charge on any atom is 0.460 e. The number of ether oxygens (including phenoxy) is 6. The molecule has 3 aromatic rings. The summed E-state index contributed by atoms with van der Waals surface area (Å²) in [4.78, 5) is 31.4. The van der Waals surface area contributed by atoms with E-state index in [1.165, 1.54) is 33.3 Å². The number of halogens is 7. The molecular weight excluding hydrogens is 876 g/mol. The predicted octanol–water partition coefficient (Wildman–Crippen LogP) is 5.23. The lowest BCUT2D eigenvalue weighted by Crippen LogP contribution is -2.70. The first-order chi connectivity index (χ1) is 29.6. The number of aliphatic hydroxyl groups excluding tert-OH is 1. The van der Waals surface area contributed by atoms with E-state index in [4.69, 9.17) is 28.4 Å². The second kappa shape index (κ2) is 14.6. The van der Waals surface area contributed by atoms with E-state index in [2.05, 4.69) is 5.32 Å². The molecule has 3 aromatic carbocycles. The Balaban J connectivity index is 1.32. The molecule has 0 aromatic heterocycles. The smallest absolute Gasteiger partial charge is 0.460 e. The number of aliphatic hydroxyl groups is 1. The SMILES string of the molecule is COc1cc2c(cc1O)CCN[C@]21CS[C@@H]2c3c(OC(=O)C(F)(F)C(F)(F)C(F)(F)F)c(C)c4c(c3[C@H](COC1=O)N1C2[C@H]2c3c(cc(C)c(OC)c3O)CC([C@@H]1O)N2C)OCO4. The second-order valence-corrected chi connectivity index (χ2v) is 17.5. The molecule has 7 atom stereocenters. The van der Waals surface area contributed by atoms with E-state index in [-0.39, 0.29) is 69.9 Å². The van der Waals surface area contributed by atoms with Gasteiger partial charge in [-0.3, -0.25) is 15.1 Å². The van der Waals surface area contributed by atoms with Crippen molar-refractivity contribution < 1.29 is 84.1 Å². The number of piperazine rings is 1. The van der Waals surface area contributed by atoms with Gasteiger partial charge in [0, 0.05) is 40.6 Å². The minimum absolute atomic E-state index is 0.0143. The monoisotopic (exact) mass is 915 g/mol. The van der Waals surface area contributed by atoms with Gasteiger partial charge in [-0.25, -0.2) is 9.59 Å². The van der Waals surface area contributed by atoms with Crippen molar-refractivity contribution in [1.29, 1.82) is 0 Å². The van der Waals surface area contributed by atoms with Crippen molar-refractivity contribution in [3.8, 4) is 40.2 Å². The van der Waals surface area contributed by atoms with Crippen LogP contribution in [0.2, 0.25) is 0 Å². The number of aryl methyl sites for hydroxylation is 1. The van der Waals surface area contributed by atoms with E-state index in [1.54, 1.807) is 29.8 Å². The molecule has 0 saturated carbocycles. The van der Waals surface area contributed by atoms with Gasteiger partial charge in [-0.15, -0.1) is 11.8 Å². The summed E-state index contributed by atoms with van der Waals surface area (Å²) in [5.74, 6) is -19.1. The maximum absolute atomic E-state index is 15.2. The molecule has 1 spiro atoms. The van der Waals surface area contributed by atoms with E-state index in [9.17, 15) is 46.9 Å². The number of benzene rings is 3. The fourth-order valence-corrected chi connectivity index (χ4v) is 12.0. The van der Waals surface area contributed by atoms with Gasteiger partial charge >= 0.3 is 30.0 Å². The van der Waals surface area contributed by atoms with Crippen molar-refractivity contribution in [3.63, 3.8) is 0 Å². The van der Waals surface area contributed by atoms with Crippen LogP contribution in [0.4, 0.5) is 30.7 Å². The van der Waals surface area contributed by atoms with Gasteiger partial charge in [0.15, 0.2) is 40.0 Å². The molecule has 4 N–H and O–H groups in total. The summed E-state index contributed by atoms with van der Waals surface area (Å²) in [5.41, 5.74) is 0.218. The third-order valence-electron chi connectivity index (χ3n) is 13.2. The highest BCUT2D eigenvalue weighted by Gasteiger charge is 2.77. The van der Waals surface area contributed by atoms with Crippen LogP contribution in [0, 0.1) is 13.8 Å². The van der Waals surface area contributed by atoms with Crippen molar-refractivity contribution in [2.75, 3.05) is 47.0 Å². The number of phenols is 2. The number of fused-ring (bicyclic) bond motifs is 9. The zero-order chi connectivity index (χ0) is 45.5. The summed E-state index contributed by atoms with van der Waals surface area (Å²) in [6.07, 6.45) is -7.74. The average molecular weight is 916 g/mol. The van der Waals surface area contributed by atoms with Gasteiger partial charge in [0.05, 0.1) is 37.6 Å². The number of likely N-dealkylation sites (N-methyl/N-ethyl adjacent to an activating group) is 1. The molecule has 14 nitrogen and oxygen atoms in total. The van der Waals surface area contributed by atoms with Crippen molar-refractivity contribution in [1.82, 2.24) is 15.1 Å². The molecule has 10 rings (SSSR count). The number of alkyl halides is 7. The molecule has 0 aliphatic carbocycles. The Morgan fingerprint density at radius 1 is 0.952 bits per heavy atom. The van der Waals surface area contributed by atoms with Crippen LogP contribution in [0.15, 0.2) is 18.2 Å². The van der Waals surface area contributed by atoms with Crippen LogP contribution in [-0.2, 0) is 32.7 Å². The standard InChI is InChI=1S/C41H40F7N3O11S/c1-15-8-18-9-20-35(54)51-21-12-59-36(55)38(19-11-23(57-4)22(52)10-17(19)6-7-49-38)13-63-34(28(51)27(50(20)3)24(18)29(53)30(15)58-5)26-25(21)33-32(60-14-61-33)16(2)31(26)62-37(56)39(42,43)40(44,45)41(46,47)48/h8,10-11,20-21,27-28,34-35,49,52-54H,6-7,9,12-14H2,1-5H3/t20?,21-,27+,28?,34+,35-,38+/m0/s1. The van der Waals surface area contributed by atoms with Crippen LogP contribution in [0.5, 0.6) is 40.2 Å². The summed E-state index contributed by atoms with van der Waals surface area (Å²) in [6.45, 7) is 2.00. The lowest BCUT2D eigenvalue weighted by molar-refractivity contribution is -0.346. The van der Waals surface area contributed by atoms with E-state index in [0.29, 0.717) is 34.2 Å². The normalized spacial score (nSPS) is 27.8. The van der Waals surface area contributed by atoms with Crippen LogP contribution in [0.3, 0.4) is 0 Å². The zero-order valence-corrected chi connectivity index (χ0v) is 34.8. The number of methoxy groups -OCH3 is 2. The highest BCUT2D eigenvalue weighted by atomic mass is 32.2. The van der Waals surface area contributed by atoms with E-state index >= 15 is 8.78 Å². The topological polar surface area (TPSA) is 169 Å². The van der Waals surface area contributed by atoms with Gasteiger partial charge in [-0.05, 0) is 68.1 Å². The Hall–Kier alpha value is -4.90. The summed E-state index contributed by atoms with van der Waals surface area (Å²) < 4.78 is 134. The van der Waals surface area contributed by atoms with Gasteiger partial charge in [0.25, 0.3) is 0 Å². The number of phenolic OH excluding ortho intramolecular Hbond substituents is 2. The van der Waals surface area contributed by atoms with Crippen LogP contribution >= 0.6 is 11.8 Å². The molecule has 2 saturated heterocycles. The van der Waals surface area contributed by atoms with Crippen molar-refractivity contribution in [3.05, 3.63) is 62.7 Å². The van der Waals surface area contributed by atoms with Gasteiger partial charge in [-0.2, -0.15) is 30.7 Å². The Kier molecular flexibility index (Phi) is 10.0. The highest BCUT2D eigenvalue weighted by molar-refractivity contribution is 7.99. The number of nitrogens with one attached hydrogen (secondary N) is 1. The quantitative estimate of drug-likeness (QED) is 0.149. The Bertz CT molecular complexity index is 2460. The molecule has 7 aliphatic heterocycles. The number of nitrogens with zero attached hydrogens (tertiary/aromatic N) is 2. The molecule has 0 radical (unpaired) electrons. The molecule has 4 bridgehead atoms. The minimum Gasteiger partial charge on any atom is -0.504 e. The molecule has 63 heavy (non-hydrogen) atoms. The van der Waals surface area contributed by atoms with Crippen molar-refractivity contribution in [2.45, 2.75) is 85.9 Å². The molecular formula is C41H40F7N3O11S. The largest absolute Gasteiger partial charge is 0.504 e. The van der Waals surface area contributed by atoms with Gasteiger partial charge in [0.2, 0.25) is 6.79 Å². The Labute approximate surface area is 358 Å². The number of hydrogen-bond acceptors (Lipinski definition) is 15. The number of carbonyl (C=O) groups is 2. The number of hydrogen-bond donors (Lipinski definition) is 4. The van der Waals surface area contributed by atoms with E-state index < -0.39 is 90.3 Å². The first kappa shape index (κ1) is 43.4. The number of rotatable bonds is 5. The summed E-state index contributed by atoms with van der Waals surface area (Å²) in [6, 6.07) is 0.602. The summed E-state index contributed by atoms with van der Waals surface area (Å²) >= 11 is 0.969. The van der Waals surface area contributed by atoms with Crippen molar-refractivity contribution >= 4 is 23.7 Å². The zero-order valence-electron chi connectivity index (χ0n) is 34.0. The van der Waals surface area contributed by atoms with Crippen LogP contribution < -0.4 is 29.0 Å². The predicted molar refractivity (Wildman–Crippen MR) is 205 cm³/mol.